The molecular formula is C14H12ClN3O2S. The number of carbonyl (C=O) groups is 1. The number of hydrogen-bond acceptors (Lipinski definition) is 4. The van der Waals surface area contributed by atoms with Crippen LogP contribution in [-0.4, -0.2) is 20.5 Å². The van der Waals surface area contributed by atoms with E-state index in [4.69, 9.17) is 16.7 Å². The van der Waals surface area contributed by atoms with Gasteiger partial charge in [0.25, 0.3) is 0 Å². The fourth-order valence-electron chi connectivity index (χ4n) is 2.14. The molecule has 5 nitrogen and oxygen atoms in total. The van der Waals surface area contributed by atoms with Crippen molar-refractivity contribution in [1.29, 1.82) is 0 Å². The van der Waals surface area contributed by atoms with Crippen LogP contribution in [0, 0.1) is 6.92 Å². The summed E-state index contributed by atoms with van der Waals surface area (Å²) >= 11 is 7.44. The number of fused-ring (bicyclic) bond motifs is 1. The summed E-state index contributed by atoms with van der Waals surface area (Å²) < 4.78 is 2.03. The Hall–Kier alpha value is -2.05. The van der Waals surface area contributed by atoms with E-state index in [2.05, 4.69) is 10.3 Å². The molecule has 2 heterocycles. The van der Waals surface area contributed by atoms with Crippen LogP contribution in [0.5, 0.6) is 0 Å². The van der Waals surface area contributed by atoms with Crippen molar-refractivity contribution in [2.45, 2.75) is 13.5 Å². The van der Waals surface area contributed by atoms with Crippen molar-refractivity contribution in [3.8, 4) is 0 Å². The van der Waals surface area contributed by atoms with E-state index in [9.17, 15) is 4.79 Å². The van der Waals surface area contributed by atoms with Gasteiger partial charge in [-0.05, 0) is 25.1 Å². The first-order valence-corrected chi connectivity index (χ1v) is 7.50. The number of nitrogens with zero attached hydrogens (tertiary/aromatic N) is 2. The Morgan fingerprint density at radius 2 is 2.33 bits per heavy atom. The number of benzene rings is 1. The zero-order valence-corrected chi connectivity index (χ0v) is 12.7. The zero-order chi connectivity index (χ0) is 15.0. The van der Waals surface area contributed by atoms with Crippen LogP contribution in [0.1, 0.15) is 21.7 Å². The number of imidazole rings is 1. The molecule has 0 aliphatic rings. The summed E-state index contributed by atoms with van der Waals surface area (Å²) in [4.78, 5) is 16.5. The Kier molecular flexibility index (Phi) is 3.57. The van der Waals surface area contributed by atoms with Crippen molar-refractivity contribution in [3.05, 3.63) is 51.7 Å². The molecular weight excluding hydrogens is 310 g/mol. The highest BCUT2D eigenvalue weighted by molar-refractivity contribution is 7.15. The van der Waals surface area contributed by atoms with Gasteiger partial charge in [0.15, 0.2) is 4.96 Å². The van der Waals surface area contributed by atoms with Gasteiger partial charge >= 0.3 is 5.97 Å². The van der Waals surface area contributed by atoms with Crippen molar-refractivity contribution >= 4 is 39.6 Å². The number of aryl methyl sites for hydroxylation is 1. The molecule has 0 atom stereocenters. The Labute approximate surface area is 129 Å². The summed E-state index contributed by atoms with van der Waals surface area (Å²) in [5.74, 6) is -1.04. The molecule has 7 heteroatoms. The summed E-state index contributed by atoms with van der Waals surface area (Å²) in [7, 11) is 0. The third-order valence-electron chi connectivity index (χ3n) is 3.22. The molecule has 21 heavy (non-hydrogen) atoms. The molecule has 0 amide bonds. The van der Waals surface area contributed by atoms with E-state index in [1.807, 2.05) is 22.9 Å². The minimum atomic E-state index is -1.04. The predicted molar refractivity (Wildman–Crippen MR) is 83.5 cm³/mol. The minimum Gasteiger partial charge on any atom is -0.478 e. The molecule has 0 radical (unpaired) electrons. The van der Waals surface area contributed by atoms with Crippen LogP contribution < -0.4 is 5.32 Å². The van der Waals surface area contributed by atoms with Gasteiger partial charge in [-0.15, -0.1) is 11.3 Å². The monoisotopic (exact) mass is 321 g/mol. The van der Waals surface area contributed by atoms with Gasteiger partial charge in [-0.2, -0.15) is 0 Å². The fraction of sp³-hybridized carbons (Fsp3) is 0.143. The number of rotatable bonds is 4. The smallest absolute Gasteiger partial charge is 0.337 e. The summed E-state index contributed by atoms with van der Waals surface area (Å²) in [6, 6.07) is 4.87. The van der Waals surface area contributed by atoms with Crippen LogP contribution in [0.3, 0.4) is 0 Å². The normalized spacial score (nSPS) is 11.0. The van der Waals surface area contributed by atoms with E-state index in [0.29, 0.717) is 12.2 Å². The maximum absolute atomic E-state index is 11.1. The van der Waals surface area contributed by atoms with E-state index in [-0.39, 0.29) is 10.6 Å². The number of halogens is 1. The molecule has 0 spiro atoms. The van der Waals surface area contributed by atoms with Crippen LogP contribution >= 0.6 is 22.9 Å². The second kappa shape index (κ2) is 5.38. The first kappa shape index (κ1) is 13.9. The average Bonchev–Trinajstić information content (AvgIpc) is 2.98. The second-order valence-electron chi connectivity index (χ2n) is 4.55. The Morgan fingerprint density at radius 1 is 1.52 bits per heavy atom. The zero-order valence-electron chi connectivity index (χ0n) is 11.1. The quantitative estimate of drug-likeness (QED) is 0.769. The van der Waals surface area contributed by atoms with Gasteiger partial charge in [0.1, 0.15) is 0 Å². The molecule has 0 fully saturated rings. The standard InChI is InChI=1S/C14H12ClN3O2S/c1-8-12(18-4-5-21-14(18)17-8)7-16-9-2-3-11(15)10(6-9)13(19)20/h2-6,16H,7H2,1H3,(H,19,20). The molecule has 3 aromatic rings. The van der Waals surface area contributed by atoms with Gasteiger partial charge in [0, 0.05) is 17.3 Å². The lowest BCUT2D eigenvalue weighted by molar-refractivity contribution is 0.0697. The van der Waals surface area contributed by atoms with Crippen molar-refractivity contribution in [2.24, 2.45) is 0 Å². The lowest BCUT2D eigenvalue weighted by Crippen LogP contribution is -2.05. The molecule has 0 bridgehead atoms. The Balaban J connectivity index is 1.85. The Morgan fingerprint density at radius 3 is 3.10 bits per heavy atom. The number of aromatic carboxylic acids is 1. The van der Waals surface area contributed by atoms with Gasteiger partial charge in [-0.3, -0.25) is 4.40 Å². The largest absolute Gasteiger partial charge is 0.478 e. The molecule has 2 aromatic heterocycles. The lowest BCUT2D eigenvalue weighted by atomic mass is 10.2. The summed E-state index contributed by atoms with van der Waals surface area (Å²) in [5.41, 5.74) is 2.81. The van der Waals surface area contributed by atoms with E-state index >= 15 is 0 Å². The van der Waals surface area contributed by atoms with E-state index in [1.54, 1.807) is 23.5 Å². The molecule has 0 unspecified atom stereocenters. The van der Waals surface area contributed by atoms with Crippen molar-refractivity contribution in [3.63, 3.8) is 0 Å². The third kappa shape index (κ3) is 2.59. The van der Waals surface area contributed by atoms with Crippen LogP contribution in [0.25, 0.3) is 4.96 Å². The number of thiazole rings is 1. The molecule has 2 N–H and O–H groups in total. The minimum absolute atomic E-state index is 0.0901. The highest BCUT2D eigenvalue weighted by atomic mass is 35.5. The van der Waals surface area contributed by atoms with Gasteiger partial charge in [0.05, 0.1) is 28.5 Å². The average molecular weight is 322 g/mol. The number of anilines is 1. The van der Waals surface area contributed by atoms with E-state index < -0.39 is 5.97 Å². The van der Waals surface area contributed by atoms with Crippen LogP contribution in [0.4, 0.5) is 5.69 Å². The summed E-state index contributed by atoms with van der Waals surface area (Å²) in [6.07, 6.45) is 1.97. The molecule has 0 aliphatic carbocycles. The molecule has 0 saturated heterocycles. The number of nitrogens with one attached hydrogen (secondary N) is 1. The maximum Gasteiger partial charge on any atom is 0.337 e. The molecule has 0 saturated carbocycles. The summed E-state index contributed by atoms with van der Waals surface area (Å²) in [5, 5.41) is 14.5. The molecule has 1 aromatic carbocycles. The molecule has 108 valence electrons. The van der Waals surface area contributed by atoms with Gasteiger partial charge in [-0.25, -0.2) is 9.78 Å². The number of carboxylic acids is 1. The SMILES string of the molecule is Cc1nc2sccn2c1CNc1ccc(Cl)c(C(=O)O)c1. The number of carboxylic acid groups (broad SMARTS) is 1. The van der Waals surface area contributed by atoms with E-state index in [1.165, 1.54) is 6.07 Å². The summed E-state index contributed by atoms with van der Waals surface area (Å²) in [6.45, 7) is 2.52. The number of hydrogen-bond donors (Lipinski definition) is 2. The van der Waals surface area contributed by atoms with Gasteiger partial charge in [0.2, 0.25) is 0 Å². The van der Waals surface area contributed by atoms with Crippen molar-refractivity contribution < 1.29 is 9.90 Å². The van der Waals surface area contributed by atoms with Crippen LogP contribution in [0.15, 0.2) is 29.8 Å². The highest BCUT2D eigenvalue weighted by Gasteiger charge is 2.11. The van der Waals surface area contributed by atoms with Gasteiger partial charge < -0.3 is 10.4 Å². The van der Waals surface area contributed by atoms with Crippen molar-refractivity contribution in [1.82, 2.24) is 9.38 Å². The first-order valence-electron chi connectivity index (χ1n) is 6.24. The van der Waals surface area contributed by atoms with Crippen molar-refractivity contribution in [2.75, 3.05) is 5.32 Å². The maximum atomic E-state index is 11.1. The van der Waals surface area contributed by atoms with Crippen LogP contribution in [0.2, 0.25) is 5.02 Å². The predicted octanol–water partition coefficient (Wildman–Crippen LogP) is 3.67. The molecule has 0 aliphatic heterocycles. The second-order valence-corrected chi connectivity index (χ2v) is 5.83. The molecule has 3 rings (SSSR count). The topological polar surface area (TPSA) is 66.6 Å². The highest BCUT2D eigenvalue weighted by Crippen LogP contribution is 2.22. The number of aromatic nitrogens is 2. The van der Waals surface area contributed by atoms with Crippen LogP contribution in [-0.2, 0) is 6.54 Å². The Bertz CT molecular complexity index is 825. The van der Waals surface area contributed by atoms with Gasteiger partial charge in [-0.1, -0.05) is 11.6 Å². The van der Waals surface area contributed by atoms with E-state index in [0.717, 1.165) is 16.3 Å². The fourth-order valence-corrected chi connectivity index (χ4v) is 3.12. The first-order chi connectivity index (χ1) is 10.1. The third-order valence-corrected chi connectivity index (χ3v) is 4.30. The lowest BCUT2D eigenvalue weighted by Gasteiger charge is -2.08.